The number of nitrogens with one attached hydrogen (secondary N) is 1. The number of hydrogen-bond donors (Lipinski definition) is 1. The van der Waals surface area contributed by atoms with E-state index >= 15 is 0 Å². The summed E-state index contributed by atoms with van der Waals surface area (Å²) in [6.45, 7) is 2.06. The monoisotopic (exact) mass is 356 g/mol. The molecule has 0 amide bonds. The number of hydrogen-bond acceptors (Lipinski definition) is 4. The fraction of sp³-hybridized carbons (Fsp3) is 0.429. The van der Waals surface area contributed by atoms with Crippen molar-refractivity contribution >= 4 is 0 Å². The van der Waals surface area contributed by atoms with Crippen molar-refractivity contribution in [3.8, 4) is 23.0 Å². The molecule has 4 rings (SSSR count). The van der Waals surface area contributed by atoms with E-state index in [0.717, 1.165) is 48.9 Å². The van der Waals surface area contributed by atoms with Crippen molar-refractivity contribution in [1.29, 1.82) is 0 Å². The van der Waals surface area contributed by atoms with Gasteiger partial charge in [-0.1, -0.05) is 6.07 Å². The topological polar surface area (TPSA) is 41.4 Å². The van der Waals surface area contributed by atoms with E-state index in [4.69, 9.17) is 18.9 Å². The summed E-state index contributed by atoms with van der Waals surface area (Å²) in [6.07, 6.45) is 2.04. The van der Waals surface area contributed by atoms with E-state index in [2.05, 4.69) is 18.2 Å². The molecular weight excluding hydrogens is 330 g/mol. The molecule has 1 unspecified atom stereocenters. The van der Waals surface area contributed by atoms with Crippen molar-refractivity contribution in [1.82, 2.24) is 0 Å². The molecule has 5 nitrogen and oxygen atoms in total. The van der Waals surface area contributed by atoms with Gasteiger partial charge in [-0.05, 0) is 29.3 Å². The van der Waals surface area contributed by atoms with Crippen molar-refractivity contribution in [2.45, 2.75) is 25.4 Å². The van der Waals surface area contributed by atoms with Crippen LogP contribution in [0.5, 0.6) is 23.0 Å². The first-order valence-corrected chi connectivity index (χ1v) is 9.02. The van der Waals surface area contributed by atoms with Crippen LogP contribution in [0.3, 0.4) is 0 Å². The zero-order chi connectivity index (χ0) is 18.3. The van der Waals surface area contributed by atoms with Crippen LogP contribution < -0.4 is 23.8 Å². The van der Waals surface area contributed by atoms with Crippen LogP contribution in [0.2, 0.25) is 0 Å². The van der Waals surface area contributed by atoms with Crippen LogP contribution in [0.4, 0.5) is 0 Å². The van der Waals surface area contributed by atoms with Crippen LogP contribution in [0.15, 0.2) is 24.3 Å². The quantitative estimate of drug-likeness (QED) is 0.909. The summed E-state index contributed by atoms with van der Waals surface area (Å²) >= 11 is 0. The summed E-state index contributed by atoms with van der Waals surface area (Å²) < 4.78 is 22.2. The summed E-state index contributed by atoms with van der Waals surface area (Å²) in [5.41, 5.74) is 5.38. The van der Waals surface area contributed by atoms with Gasteiger partial charge < -0.3 is 23.8 Å². The third-order valence-corrected chi connectivity index (χ3v) is 5.80. The number of benzene rings is 2. The van der Waals surface area contributed by atoms with Crippen LogP contribution in [0.1, 0.15) is 28.3 Å². The number of rotatable bonds is 4. The summed E-state index contributed by atoms with van der Waals surface area (Å²) in [6, 6.07) is 8.95. The number of ether oxygens (including phenoxy) is 4. The van der Waals surface area contributed by atoms with E-state index in [1.54, 1.807) is 33.3 Å². The molecule has 0 aromatic heterocycles. The predicted octanol–water partition coefficient (Wildman–Crippen LogP) is 1.96. The lowest BCUT2D eigenvalue weighted by molar-refractivity contribution is -0.949. The van der Waals surface area contributed by atoms with Gasteiger partial charge in [-0.2, -0.15) is 0 Å². The Morgan fingerprint density at radius 1 is 0.846 bits per heavy atom. The van der Waals surface area contributed by atoms with Crippen LogP contribution in [0.25, 0.3) is 0 Å². The molecule has 26 heavy (non-hydrogen) atoms. The van der Waals surface area contributed by atoms with E-state index in [1.165, 1.54) is 22.3 Å². The molecule has 0 bridgehead atoms. The molecule has 0 fully saturated rings. The van der Waals surface area contributed by atoms with Crippen molar-refractivity contribution in [3.05, 3.63) is 46.5 Å². The molecule has 1 N–H and O–H groups in total. The highest BCUT2D eigenvalue weighted by atomic mass is 16.5. The highest BCUT2D eigenvalue weighted by Crippen LogP contribution is 2.40. The zero-order valence-electron chi connectivity index (χ0n) is 15.8. The van der Waals surface area contributed by atoms with Crippen LogP contribution in [-0.2, 0) is 19.4 Å². The summed E-state index contributed by atoms with van der Waals surface area (Å²) in [5, 5.41) is 0. The van der Waals surface area contributed by atoms with Gasteiger partial charge in [-0.25, -0.2) is 0 Å². The molecule has 0 radical (unpaired) electrons. The van der Waals surface area contributed by atoms with Crippen LogP contribution >= 0.6 is 0 Å². The highest BCUT2D eigenvalue weighted by Gasteiger charge is 2.38. The second kappa shape index (κ2) is 6.72. The summed E-state index contributed by atoms with van der Waals surface area (Å²) in [7, 11) is 6.81. The molecule has 2 aromatic rings. The third-order valence-electron chi connectivity index (χ3n) is 5.80. The first-order valence-electron chi connectivity index (χ1n) is 9.02. The molecule has 2 atom stereocenters. The molecule has 5 heteroatoms. The largest absolute Gasteiger partial charge is 0.493 e. The van der Waals surface area contributed by atoms with E-state index in [9.17, 15) is 0 Å². The maximum Gasteiger partial charge on any atom is 0.169 e. The zero-order valence-corrected chi connectivity index (χ0v) is 15.8. The molecule has 0 aliphatic carbocycles. The van der Waals surface area contributed by atoms with Crippen molar-refractivity contribution in [2.75, 3.05) is 35.0 Å². The van der Waals surface area contributed by atoms with Gasteiger partial charge in [-0.15, -0.1) is 0 Å². The predicted molar refractivity (Wildman–Crippen MR) is 98.8 cm³/mol. The van der Waals surface area contributed by atoms with Gasteiger partial charge >= 0.3 is 0 Å². The Bertz CT molecular complexity index is 833. The lowest BCUT2D eigenvalue weighted by Gasteiger charge is -2.39. The molecule has 0 saturated heterocycles. The molecule has 0 spiro atoms. The minimum atomic E-state index is 0.434. The molecule has 138 valence electrons. The van der Waals surface area contributed by atoms with E-state index in [0.29, 0.717) is 6.04 Å². The van der Waals surface area contributed by atoms with Gasteiger partial charge in [0, 0.05) is 18.4 Å². The van der Waals surface area contributed by atoms with Gasteiger partial charge in [0.2, 0.25) is 0 Å². The Balaban J connectivity index is 1.76. The second-order valence-corrected chi connectivity index (χ2v) is 6.94. The average molecular weight is 356 g/mol. The fourth-order valence-corrected chi connectivity index (χ4v) is 4.50. The van der Waals surface area contributed by atoms with Crippen molar-refractivity contribution in [2.24, 2.45) is 0 Å². The summed E-state index contributed by atoms with van der Waals surface area (Å²) in [5.74, 6) is 3.32. The van der Waals surface area contributed by atoms with Gasteiger partial charge in [0.15, 0.2) is 23.0 Å². The second-order valence-electron chi connectivity index (χ2n) is 6.94. The fourth-order valence-electron chi connectivity index (χ4n) is 4.50. The average Bonchev–Trinajstić information content (AvgIpc) is 2.70. The Kier molecular flexibility index (Phi) is 4.41. The van der Waals surface area contributed by atoms with Gasteiger partial charge in [-0.3, -0.25) is 0 Å². The smallest absolute Gasteiger partial charge is 0.169 e. The minimum Gasteiger partial charge on any atom is -0.493 e. The third kappa shape index (κ3) is 2.58. The highest BCUT2D eigenvalue weighted by molar-refractivity contribution is 5.53. The Morgan fingerprint density at radius 2 is 1.58 bits per heavy atom. The van der Waals surface area contributed by atoms with Gasteiger partial charge in [0.25, 0.3) is 0 Å². The normalized spacial score (nSPS) is 20.5. The van der Waals surface area contributed by atoms with Crippen molar-refractivity contribution < 1.29 is 23.8 Å². The molecular formula is C21H26NO4+. The summed E-state index contributed by atoms with van der Waals surface area (Å²) in [4.78, 5) is 1.57. The first kappa shape index (κ1) is 17.0. The maximum atomic E-state index is 5.68. The van der Waals surface area contributed by atoms with E-state index in [-0.39, 0.29) is 0 Å². The molecule has 2 aromatic carbocycles. The number of fused-ring (bicyclic) bond motifs is 4. The number of quaternary nitrogens is 1. The van der Waals surface area contributed by atoms with E-state index < -0.39 is 0 Å². The number of methoxy groups -OCH3 is 4. The Hall–Kier alpha value is -2.40. The van der Waals surface area contributed by atoms with Gasteiger partial charge in [0.1, 0.15) is 12.6 Å². The van der Waals surface area contributed by atoms with Gasteiger partial charge in [0.05, 0.1) is 40.5 Å². The Morgan fingerprint density at radius 3 is 2.27 bits per heavy atom. The van der Waals surface area contributed by atoms with Crippen LogP contribution in [-0.4, -0.2) is 35.0 Å². The van der Waals surface area contributed by atoms with Crippen LogP contribution in [0, 0.1) is 0 Å². The lowest BCUT2D eigenvalue weighted by atomic mass is 9.83. The molecule has 2 heterocycles. The SMILES string of the molecule is COc1cc2c(cc1OC)[C@@H]1Cc3ccc(OC)c(OC)c3C[NH+]1CC2. The first-order chi connectivity index (χ1) is 12.7. The molecule has 2 aliphatic rings. The molecule has 0 saturated carbocycles. The Labute approximate surface area is 154 Å². The lowest BCUT2D eigenvalue weighted by Crippen LogP contribution is -3.13. The minimum absolute atomic E-state index is 0.434. The van der Waals surface area contributed by atoms with E-state index in [1.807, 2.05) is 6.07 Å². The molecule has 2 aliphatic heterocycles. The standard InChI is InChI=1S/C21H25NO4/c1-23-18-6-5-13-9-17-15-11-20(25-3)19(24-2)10-14(15)7-8-22(17)12-16(13)21(18)26-4/h5-6,10-11,17H,7-9,12H2,1-4H3/p+1/t17-/m0/s1. The van der Waals surface area contributed by atoms with Crippen molar-refractivity contribution in [3.63, 3.8) is 0 Å². The maximum absolute atomic E-state index is 5.68.